The Morgan fingerprint density at radius 1 is 1.13 bits per heavy atom. The van der Waals surface area contributed by atoms with Gasteiger partial charge in [0.2, 0.25) is 0 Å². The quantitative estimate of drug-likeness (QED) is 0.208. The van der Waals surface area contributed by atoms with E-state index in [-0.39, 0.29) is 18.4 Å². The lowest BCUT2D eigenvalue weighted by Crippen LogP contribution is -2.46. The molecule has 0 aliphatic heterocycles. The average Bonchev–Trinajstić information content (AvgIpc) is 2.92. The molecule has 39 heavy (non-hydrogen) atoms. The lowest BCUT2D eigenvalue weighted by atomic mass is 10.0. The molecule has 0 saturated heterocycles. The first-order valence-electron chi connectivity index (χ1n) is 12.1. The largest absolute Gasteiger partial charge is 0.493 e. The maximum absolute atomic E-state index is 12.9. The van der Waals surface area contributed by atoms with Gasteiger partial charge in [-0.3, -0.25) is 9.59 Å². The summed E-state index contributed by atoms with van der Waals surface area (Å²) in [6.07, 6.45) is 1.91. The summed E-state index contributed by atoms with van der Waals surface area (Å²) < 4.78 is 12.1. The van der Waals surface area contributed by atoms with Crippen molar-refractivity contribution < 1.29 is 19.1 Å². The smallest absolute Gasteiger partial charge is 0.262 e. The summed E-state index contributed by atoms with van der Waals surface area (Å²) in [7, 11) is 1.53. The lowest BCUT2D eigenvalue weighted by molar-refractivity contribution is -0.123. The van der Waals surface area contributed by atoms with Gasteiger partial charge in [0, 0.05) is 10.6 Å². The second kappa shape index (κ2) is 14.3. The van der Waals surface area contributed by atoms with Gasteiger partial charge >= 0.3 is 0 Å². The Morgan fingerprint density at radius 3 is 2.44 bits per heavy atom. The Morgan fingerprint density at radius 2 is 1.82 bits per heavy atom. The van der Waals surface area contributed by atoms with E-state index < -0.39 is 11.9 Å². The number of nitrogens with one attached hydrogen (secondary N) is 2. The van der Waals surface area contributed by atoms with Crippen LogP contribution in [-0.2, 0) is 11.4 Å². The van der Waals surface area contributed by atoms with Gasteiger partial charge in [0.05, 0.1) is 29.4 Å². The van der Waals surface area contributed by atoms with E-state index in [9.17, 15) is 9.59 Å². The van der Waals surface area contributed by atoms with Crippen molar-refractivity contribution in [2.24, 2.45) is 11.0 Å². The zero-order valence-electron chi connectivity index (χ0n) is 21.7. The number of nitrogens with zero attached hydrogens (tertiary/aromatic N) is 2. The highest BCUT2D eigenvalue weighted by atomic mass is 79.9. The van der Waals surface area contributed by atoms with E-state index in [4.69, 9.17) is 26.3 Å². The number of rotatable bonds is 11. The van der Waals surface area contributed by atoms with Crippen LogP contribution in [0.4, 0.5) is 0 Å². The first-order valence-corrected chi connectivity index (χ1v) is 13.3. The second-order valence-corrected chi connectivity index (χ2v) is 10.3. The number of halogens is 2. The van der Waals surface area contributed by atoms with Crippen LogP contribution in [0.5, 0.6) is 11.5 Å². The van der Waals surface area contributed by atoms with Crippen LogP contribution < -0.4 is 20.2 Å². The van der Waals surface area contributed by atoms with E-state index in [2.05, 4.69) is 37.8 Å². The molecule has 3 rings (SSSR count). The van der Waals surface area contributed by atoms with Crippen molar-refractivity contribution in [3.05, 3.63) is 92.4 Å². The van der Waals surface area contributed by atoms with E-state index >= 15 is 0 Å². The maximum Gasteiger partial charge on any atom is 0.262 e. The number of benzene rings is 3. The van der Waals surface area contributed by atoms with Gasteiger partial charge in [-0.1, -0.05) is 37.6 Å². The average molecular weight is 612 g/mol. The summed E-state index contributed by atoms with van der Waals surface area (Å²) >= 11 is 9.41. The highest BCUT2D eigenvalue weighted by Crippen LogP contribution is 2.36. The van der Waals surface area contributed by atoms with Crippen LogP contribution in [0.25, 0.3) is 0 Å². The molecular weight excluding hydrogens is 584 g/mol. The molecule has 3 aromatic rings. The Labute approximate surface area is 241 Å². The topological polar surface area (TPSA) is 113 Å². The molecule has 0 aliphatic carbocycles. The number of ether oxygens (including phenoxy) is 2. The highest BCUT2D eigenvalue weighted by molar-refractivity contribution is 9.10. The van der Waals surface area contributed by atoms with E-state index in [1.165, 1.54) is 13.3 Å². The van der Waals surface area contributed by atoms with Gasteiger partial charge in [-0.25, -0.2) is 5.43 Å². The fraction of sp³-hybridized carbons (Fsp3) is 0.241. The summed E-state index contributed by atoms with van der Waals surface area (Å²) in [4.78, 5) is 25.5. The van der Waals surface area contributed by atoms with Crippen LogP contribution in [-0.4, -0.2) is 31.2 Å². The zero-order chi connectivity index (χ0) is 28.4. The SMILES string of the molecule is COc1cc(C=NNC(=O)C(CC(C)C)NC(=O)c2ccc(Cl)cc2)cc(Br)c1OCc1ccc(C#N)cc1. The van der Waals surface area contributed by atoms with Crippen LogP contribution in [0, 0.1) is 17.2 Å². The van der Waals surface area contributed by atoms with Crippen molar-refractivity contribution in [2.75, 3.05) is 7.11 Å². The molecule has 2 amide bonds. The molecule has 1 unspecified atom stereocenters. The number of carbonyl (C=O) groups is 2. The Hall–Kier alpha value is -3.87. The number of hydrazone groups is 1. The molecule has 0 radical (unpaired) electrons. The van der Waals surface area contributed by atoms with Gasteiger partial charge in [0.25, 0.3) is 11.8 Å². The van der Waals surface area contributed by atoms with Crippen LogP contribution in [0.2, 0.25) is 5.02 Å². The molecule has 0 fully saturated rings. The lowest BCUT2D eigenvalue weighted by Gasteiger charge is -2.19. The number of nitriles is 1. The Kier molecular flexibility index (Phi) is 10.9. The van der Waals surface area contributed by atoms with Crippen molar-refractivity contribution >= 4 is 45.6 Å². The van der Waals surface area contributed by atoms with E-state index in [0.717, 1.165) is 5.56 Å². The Balaban J connectivity index is 1.66. The fourth-order valence-corrected chi connectivity index (χ4v) is 4.28. The minimum absolute atomic E-state index is 0.160. The van der Waals surface area contributed by atoms with Gasteiger partial charge < -0.3 is 14.8 Å². The van der Waals surface area contributed by atoms with Crippen LogP contribution in [0.3, 0.4) is 0 Å². The van der Waals surface area contributed by atoms with Crippen molar-refractivity contribution in [2.45, 2.75) is 32.9 Å². The predicted molar refractivity (Wildman–Crippen MR) is 154 cm³/mol. The molecule has 0 saturated carbocycles. The predicted octanol–water partition coefficient (Wildman–Crippen LogP) is 5.86. The molecule has 0 aliphatic rings. The van der Waals surface area contributed by atoms with Gasteiger partial charge in [0.1, 0.15) is 12.6 Å². The standard InChI is InChI=1S/C29H28BrClN4O4/c1-18(2)12-25(34-28(36)22-8-10-23(31)11-9-22)29(37)35-33-16-21-13-24(30)27(26(14-21)38-3)39-17-20-6-4-19(15-32)5-7-20/h4-11,13-14,16,18,25H,12,17H2,1-3H3,(H,34,36)(H,35,37). The normalized spacial score (nSPS) is 11.6. The van der Waals surface area contributed by atoms with Gasteiger partial charge in [-0.2, -0.15) is 10.4 Å². The van der Waals surface area contributed by atoms with E-state index in [1.807, 2.05) is 26.0 Å². The van der Waals surface area contributed by atoms with Crippen molar-refractivity contribution in [1.82, 2.24) is 10.7 Å². The minimum Gasteiger partial charge on any atom is -0.493 e. The molecule has 0 aromatic heterocycles. The number of amides is 2. The van der Waals surface area contributed by atoms with Crippen molar-refractivity contribution in [1.29, 1.82) is 5.26 Å². The van der Waals surface area contributed by atoms with Crippen molar-refractivity contribution in [3.63, 3.8) is 0 Å². The molecular formula is C29H28BrClN4O4. The zero-order valence-corrected chi connectivity index (χ0v) is 24.0. The van der Waals surface area contributed by atoms with Gasteiger partial charge in [-0.05, 0) is 87.9 Å². The molecule has 8 nitrogen and oxygen atoms in total. The highest BCUT2D eigenvalue weighted by Gasteiger charge is 2.22. The summed E-state index contributed by atoms with van der Waals surface area (Å²) in [5.74, 6) is 0.327. The molecule has 0 bridgehead atoms. The third-order valence-corrected chi connectivity index (χ3v) is 6.38. The van der Waals surface area contributed by atoms with Crippen molar-refractivity contribution in [3.8, 4) is 17.6 Å². The van der Waals surface area contributed by atoms with E-state index in [1.54, 1.807) is 48.5 Å². The number of methoxy groups -OCH3 is 1. The summed E-state index contributed by atoms with van der Waals surface area (Å²) in [5.41, 5.74) is 5.04. The monoisotopic (exact) mass is 610 g/mol. The minimum atomic E-state index is -0.774. The van der Waals surface area contributed by atoms with Gasteiger partial charge in [0.15, 0.2) is 11.5 Å². The molecule has 0 heterocycles. The summed E-state index contributed by atoms with van der Waals surface area (Å²) in [5, 5.41) is 16.3. The summed E-state index contributed by atoms with van der Waals surface area (Å²) in [6, 6.07) is 18.4. The second-order valence-electron chi connectivity index (χ2n) is 9.03. The molecule has 202 valence electrons. The number of hydrogen-bond donors (Lipinski definition) is 2. The molecule has 2 N–H and O–H groups in total. The first-order chi connectivity index (χ1) is 18.7. The Bertz CT molecular complexity index is 1370. The maximum atomic E-state index is 12.9. The van der Waals surface area contributed by atoms with Crippen LogP contribution in [0.1, 0.15) is 47.3 Å². The third-order valence-electron chi connectivity index (χ3n) is 5.54. The number of carbonyl (C=O) groups excluding carboxylic acids is 2. The number of hydrogen-bond acceptors (Lipinski definition) is 6. The van der Waals surface area contributed by atoms with Crippen LogP contribution in [0.15, 0.2) is 70.2 Å². The third kappa shape index (κ3) is 8.84. The van der Waals surface area contributed by atoms with E-state index in [0.29, 0.717) is 44.1 Å². The molecule has 0 spiro atoms. The molecule has 3 aromatic carbocycles. The molecule has 10 heteroatoms. The fourth-order valence-electron chi connectivity index (χ4n) is 3.58. The van der Waals surface area contributed by atoms with Crippen LogP contribution >= 0.6 is 27.5 Å². The van der Waals surface area contributed by atoms with Gasteiger partial charge in [-0.15, -0.1) is 0 Å². The first kappa shape index (κ1) is 29.7. The summed E-state index contributed by atoms with van der Waals surface area (Å²) in [6.45, 7) is 4.21. The molecule has 1 atom stereocenters.